The van der Waals surface area contributed by atoms with E-state index in [1.54, 1.807) is 19.9 Å². The largest absolute Gasteiger partial charge is 0.550 e. The maximum atomic E-state index is 12.1. The van der Waals surface area contributed by atoms with Gasteiger partial charge in [-0.25, -0.2) is 4.79 Å². The van der Waals surface area contributed by atoms with Gasteiger partial charge < -0.3 is 24.4 Å². The number of fused-ring (bicyclic) bond motifs is 1. The zero-order chi connectivity index (χ0) is 20.7. The Kier molecular flexibility index (Phi) is 7.61. The second-order valence-electron chi connectivity index (χ2n) is 6.79. The zero-order valence-electron chi connectivity index (χ0n) is 16.5. The molecule has 1 aromatic carbocycles. The van der Waals surface area contributed by atoms with Gasteiger partial charge in [0.2, 0.25) is 0 Å². The van der Waals surface area contributed by atoms with Gasteiger partial charge in [0.05, 0.1) is 0 Å². The second-order valence-corrected chi connectivity index (χ2v) is 6.79. The fourth-order valence-corrected chi connectivity index (χ4v) is 2.94. The predicted molar refractivity (Wildman–Crippen MR) is 103 cm³/mol. The molecule has 152 valence electrons. The van der Waals surface area contributed by atoms with E-state index in [1.165, 1.54) is 6.07 Å². The van der Waals surface area contributed by atoms with Gasteiger partial charge in [0.1, 0.15) is 11.3 Å². The van der Waals surface area contributed by atoms with E-state index in [4.69, 9.17) is 9.15 Å². The highest BCUT2D eigenvalue weighted by atomic mass is 16.5. The molecule has 1 N–H and O–H groups in total. The molecule has 1 atom stereocenters. The van der Waals surface area contributed by atoms with Crippen LogP contribution in [0, 0.1) is 6.92 Å². The van der Waals surface area contributed by atoms with Crippen molar-refractivity contribution in [2.45, 2.75) is 59.0 Å². The number of rotatable bonds is 10. The van der Waals surface area contributed by atoms with Crippen LogP contribution in [-0.4, -0.2) is 24.5 Å². The molecule has 0 aliphatic heterocycles. The molecule has 7 heteroatoms. The van der Waals surface area contributed by atoms with Gasteiger partial charge in [-0.3, -0.25) is 4.79 Å². The van der Waals surface area contributed by atoms with E-state index < -0.39 is 17.7 Å². The number of carbonyl (C=O) groups is 2. The average Bonchev–Trinajstić information content (AvgIpc) is 2.65. The minimum atomic E-state index is -1.15. The summed E-state index contributed by atoms with van der Waals surface area (Å²) < 4.78 is 11.2. The molecule has 0 fully saturated rings. The number of amides is 1. The zero-order valence-corrected chi connectivity index (χ0v) is 16.5. The topological polar surface area (TPSA) is 109 Å². The SMILES string of the molecule is CCCCc1cc(=O)oc2c(C)c(O[C@H](C)C(=O)NCCCC(=O)[O-])ccc12. The lowest BCUT2D eigenvalue weighted by atomic mass is 10.0. The fraction of sp³-hybridized carbons (Fsp3) is 0.476. The Morgan fingerprint density at radius 1 is 1.29 bits per heavy atom. The highest BCUT2D eigenvalue weighted by Crippen LogP contribution is 2.29. The van der Waals surface area contributed by atoms with Crippen molar-refractivity contribution in [3.63, 3.8) is 0 Å². The van der Waals surface area contributed by atoms with Crippen LogP contribution >= 0.6 is 0 Å². The molecule has 1 aromatic heterocycles. The van der Waals surface area contributed by atoms with E-state index in [1.807, 2.05) is 6.07 Å². The molecule has 0 unspecified atom stereocenters. The van der Waals surface area contributed by atoms with Crippen molar-refractivity contribution in [3.8, 4) is 5.75 Å². The normalized spacial score (nSPS) is 12.0. The number of benzene rings is 1. The molecule has 0 spiro atoms. The van der Waals surface area contributed by atoms with Crippen LogP contribution in [0.5, 0.6) is 5.75 Å². The van der Waals surface area contributed by atoms with Crippen molar-refractivity contribution < 1.29 is 23.8 Å². The number of aliphatic carboxylic acids is 1. The molecule has 2 aromatic rings. The monoisotopic (exact) mass is 388 g/mol. The minimum Gasteiger partial charge on any atom is -0.550 e. The van der Waals surface area contributed by atoms with Crippen LogP contribution in [0.3, 0.4) is 0 Å². The number of carboxylic acid groups (broad SMARTS) is 1. The van der Waals surface area contributed by atoms with E-state index in [9.17, 15) is 19.5 Å². The Bertz CT molecular complexity index is 902. The molecule has 28 heavy (non-hydrogen) atoms. The van der Waals surface area contributed by atoms with Crippen molar-refractivity contribution in [3.05, 3.63) is 39.7 Å². The molecule has 0 aliphatic carbocycles. The van der Waals surface area contributed by atoms with Crippen LogP contribution < -0.4 is 20.8 Å². The number of hydrogen-bond donors (Lipinski definition) is 1. The molecule has 0 aliphatic rings. The van der Waals surface area contributed by atoms with E-state index in [2.05, 4.69) is 12.2 Å². The van der Waals surface area contributed by atoms with Gasteiger partial charge in [-0.2, -0.15) is 0 Å². The van der Waals surface area contributed by atoms with Gasteiger partial charge in [0, 0.05) is 29.5 Å². The smallest absolute Gasteiger partial charge is 0.336 e. The fourth-order valence-electron chi connectivity index (χ4n) is 2.94. The van der Waals surface area contributed by atoms with E-state index in [0.717, 1.165) is 30.2 Å². The summed E-state index contributed by atoms with van der Waals surface area (Å²) >= 11 is 0. The molecule has 0 saturated carbocycles. The molecule has 0 bridgehead atoms. The quantitative estimate of drug-likeness (QED) is 0.491. The van der Waals surface area contributed by atoms with Crippen LogP contribution in [0.4, 0.5) is 0 Å². The Labute approximate surface area is 163 Å². The van der Waals surface area contributed by atoms with Crippen LogP contribution in [0.15, 0.2) is 27.4 Å². The van der Waals surface area contributed by atoms with E-state index in [-0.39, 0.29) is 18.9 Å². The van der Waals surface area contributed by atoms with Crippen molar-refractivity contribution in [1.82, 2.24) is 5.32 Å². The standard InChI is InChI=1S/C21H27NO6/c1-4-5-7-15-12-19(25)28-20-13(2)17(10-9-16(15)20)27-14(3)21(26)22-11-6-8-18(23)24/h9-10,12,14H,4-8,11H2,1-3H3,(H,22,26)(H,23,24)/p-1/t14-/m1/s1. The van der Waals surface area contributed by atoms with Gasteiger partial charge >= 0.3 is 5.63 Å². The highest BCUT2D eigenvalue weighted by Gasteiger charge is 2.17. The number of hydrogen-bond acceptors (Lipinski definition) is 6. The summed E-state index contributed by atoms with van der Waals surface area (Å²) in [5.41, 5.74) is 1.67. The van der Waals surface area contributed by atoms with Crippen LogP contribution in [-0.2, 0) is 16.0 Å². The first-order valence-electron chi connectivity index (χ1n) is 9.54. The van der Waals surface area contributed by atoms with Gasteiger partial charge in [0.25, 0.3) is 5.91 Å². The number of nitrogens with one attached hydrogen (secondary N) is 1. The molecule has 2 rings (SSSR count). The first-order valence-corrected chi connectivity index (χ1v) is 9.54. The summed E-state index contributed by atoms with van der Waals surface area (Å²) in [4.78, 5) is 34.4. The third-order valence-corrected chi connectivity index (χ3v) is 4.53. The number of unbranched alkanes of at least 4 members (excludes halogenated alkanes) is 1. The average molecular weight is 388 g/mol. The maximum Gasteiger partial charge on any atom is 0.336 e. The van der Waals surface area contributed by atoms with Crippen molar-refractivity contribution in [2.75, 3.05) is 6.54 Å². The van der Waals surface area contributed by atoms with E-state index in [0.29, 0.717) is 23.3 Å². The Balaban J connectivity index is 2.14. The first-order chi connectivity index (χ1) is 13.3. The summed E-state index contributed by atoms with van der Waals surface area (Å²) in [6, 6.07) is 5.14. The second kappa shape index (κ2) is 9.92. The van der Waals surface area contributed by atoms with Gasteiger partial charge in [-0.05, 0) is 57.2 Å². The van der Waals surface area contributed by atoms with E-state index >= 15 is 0 Å². The first kappa shape index (κ1) is 21.5. The Morgan fingerprint density at radius 3 is 2.71 bits per heavy atom. The molecular weight excluding hydrogens is 362 g/mol. The summed E-state index contributed by atoms with van der Waals surface area (Å²) in [6.07, 6.45) is 2.19. The lowest BCUT2D eigenvalue weighted by molar-refractivity contribution is -0.305. The van der Waals surface area contributed by atoms with Crippen LogP contribution in [0.1, 0.15) is 50.7 Å². The summed E-state index contributed by atoms with van der Waals surface area (Å²) in [5.74, 6) is -1.04. The van der Waals surface area contributed by atoms with Gasteiger partial charge in [-0.1, -0.05) is 13.3 Å². The van der Waals surface area contributed by atoms with Crippen LogP contribution in [0.25, 0.3) is 11.0 Å². The number of aryl methyl sites for hydroxylation is 2. The molecule has 0 radical (unpaired) electrons. The predicted octanol–water partition coefficient (Wildman–Crippen LogP) is 1.86. The Morgan fingerprint density at radius 2 is 2.04 bits per heavy atom. The summed E-state index contributed by atoms with van der Waals surface area (Å²) in [7, 11) is 0. The Hall–Kier alpha value is -2.83. The molecule has 7 nitrogen and oxygen atoms in total. The third-order valence-electron chi connectivity index (χ3n) is 4.53. The van der Waals surface area contributed by atoms with Crippen molar-refractivity contribution in [1.29, 1.82) is 0 Å². The summed E-state index contributed by atoms with van der Waals surface area (Å²) in [6.45, 7) is 5.71. The highest BCUT2D eigenvalue weighted by molar-refractivity contribution is 5.85. The van der Waals surface area contributed by atoms with Crippen molar-refractivity contribution in [2.24, 2.45) is 0 Å². The lowest BCUT2D eigenvalue weighted by Crippen LogP contribution is -2.37. The molecule has 1 heterocycles. The van der Waals surface area contributed by atoms with Gasteiger partial charge in [0.15, 0.2) is 6.10 Å². The van der Waals surface area contributed by atoms with Gasteiger partial charge in [-0.15, -0.1) is 0 Å². The number of carbonyl (C=O) groups excluding carboxylic acids is 2. The third kappa shape index (κ3) is 5.58. The van der Waals surface area contributed by atoms with Crippen molar-refractivity contribution >= 4 is 22.8 Å². The number of ether oxygens (including phenoxy) is 1. The molecule has 0 saturated heterocycles. The maximum absolute atomic E-state index is 12.1. The van der Waals surface area contributed by atoms with Crippen LogP contribution in [0.2, 0.25) is 0 Å². The lowest BCUT2D eigenvalue weighted by Gasteiger charge is -2.17. The molecule has 1 amide bonds. The minimum absolute atomic E-state index is 0.112. The number of carboxylic acids is 1. The summed E-state index contributed by atoms with van der Waals surface area (Å²) in [5, 5.41) is 13.9. The molecular formula is C21H26NO6-.